The monoisotopic (exact) mass is 329 g/mol. The first-order valence-corrected chi connectivity index (χ1v) is 8.78. The quantitative estimate of drug-likeness (QED) is 0.788. The summed E-state index contributed by atoms with van der Waals surface area (Å²) in [5.74, 6) is -0.218. The Kier molecular flexibility index (Phi) is 6.12. The zero-order chi connectivity index (χ0) is 17.7. The predicted molar refractivity (Wildman–Crippen MR) is 97.5 cm³/mol. The Morgan fingerprint density at radius 1 is 1.17 bits per heavy atom. The Bertz CT molecular complexity index is 765. The van der Waals surface area contributed by atoms with Crippen LogP contribution >= 0.6 is 0 Å². The molecule has 1 atom stereocenters. The normalized spacial score (nSPS) is 12.5. The summed E-state index contributed by atoms with van der Waals surface area (Å²) in [4.78, 5) is 25.2. The second kappa shape index (κ2) is 8.08. The molecule has 1 amide bonds. The van der Waals surface area contributed by atoms with E-state index in [1.54, 1.807) is 12.1 Å². The lowest BCUT2D eigenvalue weighted by atomic mass is 10.1. The topological polar surface area (TPSA) is 64.0 Å². The van der Waals surface area contributed by atoms with Crippen molar-refractivity contribution in [3.05, 3.63) is 40.3 Å². The maximum absolute atomic E-state index is 12.7. The number of nitrogens with zero attached hydrogens (tertiary/aromatic N) is 2. The van der Waals surface area contributed by atoms with Crippen molar-refractivity contribution in [2.45, 2.75) is 65.5 Å². The summed E-state index contributed by atoms with van der Waals surface area (Å²) in [6.07, 6.45) is 4.37. The fourth-order valence-electron chi connectivity index (χ4n) is 2.79. The molecule has 0 fully saturated rings. The number of aromatic nitrogens is 2. The summed E-state index contributed by atoms with van der Waals surface area (Å²) >= 11 is 0. The molecule has 0 aliphatic heterocycles. The highest BCUT2D eigenvalue weighted by atomic mass is 16.2. The first-order chi connectivity index (χ1) is 11.5. The van der Waals surface area contributed by atoms with Gasteiger partial charge in [0.15, 0.2) is 5.69 Å². The van der Waals surface area contributed by atoms with Gasteiger partial charge in [-0.3, -0.25) is 9.59 Å². The van der Waals surface area contributed by atoms with Gasteiger partial charge in [-0.05, 0) is 33.3 Å². The lowest BCUT2D eigenvalue weighted by molar-refractivity contribution is 0.0932. The molecule has 1 aromatic heterocycles. The number of nitrogens with one attached hydrogen (secondary N) is 1. The molecule has 0 aliphatic carbocycles. The average Bonchev–Trinajstić information content (AvgIpc) is 2.55. The molecule has 0 saturated carbocycles. The SMILES string of the molecule is CCCCCC(C)NC(=O)c1nn(C(C)C)c(=O)c2ccccc12. The highest BCUT2D eigenvalue weighted by molar-refractivity contribution is 6.04. The summed E-state index contributed by atoms with van der Waals surface area (Å²) in [5.41, 5.74) is 0.161. The maximum Gasteiger partial charge on any atom is 0.274 e. The number of hydrogen-bond donors (Lipinski definition) is 1. The van der Waals surface area contributed by atoms with Crippen LogP contribution in [0.25, 0.3) is 10.8 Å². The first kappa shape index (κ1) is 18.2. The molecule has 0 bridgehead atoms. The highest BCUT2D eigenvalue weighted by Gasteiger charge is 2.18. The van der Waals surface area contributed by atoms with Crippen molar-refractivity contribution < 1.29 is 4.79 Å². The Morgan fingerprint density at radius 2 is 1.83 bits per heavy atom. The van der Waals surface area contributed by atoms with Gasteiger partial charge in [-0.25, -0.2) is 4.68 Å². The number of hydrogen-bond acceptors (Lipinski definition) is 3. The number of unbranched alkanes of at least 4 members (excludes halogenated alkanes) is 2. The van der Waals surface area contributed by atoms with Crippen LogP contribution in [0.1, 0.15) is 69.9 Å². The van der Waals surface area contributed by atoms with Gasteiger partial charge in [-0.2, -0.15) is 5.10 Å². The second-order valence-corrected chi connectivity index (χ2v) is 6.61. The van der Waals surface area contributed by atoms with Crippen LogP contribution in [0.3, 0.4) is 0 Å². The zero-order valence-corrected chi connectivity index (χ0v) is 15.0. The van der Waals surface area contributed by atoms with Crippen LogP contribution in [0.15, 0.2) is 29.1 Å². The van der Waals surface area contributed by atoms with Crippen LogP contribution in [0.4, 0.5) is 0 Å². The van der Waals surface area contributed by atoms with E-state index in [0.717, 1.165) is 19.3 Å². The third kappa shape index (κ3) is 4.02. The van der Waals surface area contributed by atoms with Crippen LogP contribution in [0.5, 0.6) is 0 Å². The summed E-state index contributed by atoms with van der Waals surface area (Å²) < 4.78 is 1.39. The summed E-state index contributed by atoms with van der Waals surface area (Å²) in [6, 6.07) is 7.15. The minimum Gasteiger partial charge on any atom is -0.348 e. The Labute approximate surface area is 143 Å². The third-order valence-corrected chi connectivity index (χ3v) is 4.15. The van der Waals surface area contributed by atoms with Gasteiger partial charge in [0.1, 0.15) is 0 Å². The molecule has 1 N–H and O–H groups in total. The molecule has 5 heteroatoms. The molecule has 2 aromatic rings. The van der Waals surface area contributed by atoms with Gasteiger partial charge in [0, 0.05) is 11.4 Å². The molecular formula is C19H27N3O2. The molecule has 0 radical (unpaired) electrons. The van der Waals surface area contributed by atoms with Crippen LogP contribution in [0.2, 0.25) is 0 Å². The number of carbonyl (C=O) groups excluding carboxylic acids is 1. The highest BCUT2D eigenvalue weighted by Crippen LogP contribution is 2.15. The standard InChI is InChI=1S/C19H27N3O2/c1-5-6-7-10-14(4)20-18(23)17-15-11-8-9-12-16(15)19(24)22(21-17)13(2)3/h8-9,11-14H,5-7,10H2,1-4H3,(H,20,23). The van der Waals surface area contributed by atoms with Gasteiger partial charge >= 0.3 is 0 Å². The molecule has 0 aliphatic rings. The van der Waals surface area contributed by atoms with E-state index in [1.165, 1.54) is 11.1 Å². The molecule has 1 aromatic carbocycles. The van der Waals surface area contributed by atoms with E-state index in [9.17, 15) is 9.59 Å². The summed E-state index contributed by atoms with van der Waals surface area (Å²) in [6.45, 7) is 7.94. The third-order valence-electron chi connectivity index (χ3n) is 4.15. The first-order valence-electron chi connectivity index (χ1n) is 8.78. The van der Waals surface area contributed by atoms with Crippen molar-refractivity contribution in [3.63, 3.8) is 0 Å². The van der Waals surface area contributed by atoms with Crippen molar-refractivity contribution in [2.75, 3.05) is 0 Å². The zero-order valence-electron chi connectivity index (χ0n) is 15.0. The van der Waals surface area contributed by atoms with E-state index in [-0.39, 0.29) is 23.6 Å². The minimum absolute atomic E-state index is 0.0871. The van der Waals surface area contributed by atoms with Crippen molar-refractivity contribution in [1.29, 1.82) is 0 Å². The molecule has 1 unspecified atom stereocenters. The van der Waals surface area contributed by atoms with Gasteiger partial charge in [0.05, 0.1) is 11.4 Å². The largest absolute Gasteiger partial charge is 0.348 e. The lowest BCUT2D eigenvalue weighted by Gasteiger charge is -2.16. The van der Waals surface area contributed by atoms with E-state index in [2.05, 4.69) is 17.3 Å². The van der Waals surface area contributed by atoms with Crippen LogP contribution in [0, 0.1) is 0 Å². The Balaban J connectivity index is 2.35. The fourth-order valence-corrected chi connectivity index (χ4v) is 2.79. The number of amides is 1. The molecule has 0 spiro atoms. The van der Waals surface area contributed by atoms with Crippen molar-refractivity contribution in [3.8, 4) is 0 Å². The molecule has 2 rings (SSSR count). The lowest BCUT2D eigenvalue weighted by Crippen LogP contribution is -2.35. The Hall–Kier alpha value is -2.17. The van der Waals surface area contributed by atoms with Gasteiger partial charge in [-0.15, -0.1) is 0 Å². The van der Waals surface area contributed by atoms with E-state index >= 15 is 0 Å². The fraction of sp³-hybridized carbons (Fsp3) is 0.526. The van der Waals surface area contributed by atoms with Crippen molar-refractivity contribution in [2.24, 2.45) is 0 Å². The molecule has 0 saturated heterocycles. The average molecular weight is 329 g/mol. The van der Waals surface area contributed by atoms with Crippen LogP contribution in [-0.2, 0) is 0 Å². The molecule has 130 valence electrons. The number of benzene rings is 1. The van der Waals surface area contributed by atoms with Crippen LogP contribution < -0.4 is 10.9 Å². The molecule has 1 heterocycles. The molecular weight excluding hydrogens is 302 g/mol. The number of carbonyl (C=O) groups is 1. The number of rotatable bonds is 7. The van der Waals surface area contributed by atoms with Crippen LogP contribution in [-0.4, -0.2) is 21.7 Å². The molecule has 24 heavy (non-hydrogen) atoms. The molecule has 5 nitrogen and oxygen atoms in total. The van der Waals surface area contributed by atoms with Gasteiger partial charge in [-0.1, -0.05) is 44.4 Å². The summed E-state index contributed by atoms with van der Waals surface area (Å²) in [5, 5.41) is 8.50. The van der Waals surface area contributed by atoms with E-state index in [0.29, 0.717) is 16.5 Å². The summed E-state index contributed by atoms with van der Waals surface area (Å²) in [7, 11) is 0. The number of fused-ring (bicyclic) bond motifs is 1. The second-order valence-electron chi connectivity index (χ2n) is 6.61. The minimum atomic E-state index is -0.218. The Morgan fingerprint density at radius 3 is 2.46 bits per heavy atom. The smallest absolute Gasteiger partial charge is 0.274 e. The van der Waals surface area contributed by atoms with E-state index < -0.39 is 0 Å². The van der Waals surface area contributed by atoms with E-state index in [1.807, 2.05) is 32.9 Å². The van der Waals surface area contributed by atoms with Gasteiger partial charge in [0.25, 0.3) is 11.5 Å². The predicted octanol–water partition coefficient (Wildman–Crippen LogP) is 3.68. The van der Waals surface area contributed by atoms with Gasteiger partial charge < -0.3 is 5.32 Å². The maximum atomic E-state index is 12.7. The van der Waals surface area contributed by atoms with Crippen molar-refractivity contribution in [1.82, 2.24) is 15.1 Å². The van der Waals surface area contributed by atoms with Crippen molar-refractivity contribution >= 4 is 16.7 Å². The van der Waals surface area contributed by atoms with E-state index in [4.69, 9.17) is 0 Å². The van der Waals surface area contributed by atoms with Gasteiger partial charge in [0.2, 0.25) is 0 Å².